The molecule has 2 N–H and O–H groups in total. The van der Waals surface area contributed by atoms with E-state index in [-0.39, 0.29) is 0 Å². The number of nitrogens with two attached hydrogens (primary N) is 1. The molecule has 4 heteroatoms. The highest BCUT2D eigenvalue weighted by Gasteiger charge is 2.23. The minimum Gasteiger partial charge on any atom is -0.459 e. The standard InChI is InChI=1S/C17H25N3O/c1-19(2)13-6-5-9-20(11-13)12-15-14-7-3-4-8-16(14)21-17(15)10-18/h3-4,7-8,13H,5-6,9-12,18H2,1-2H3. The van der Waals surface area contributed by atoms with Crippen LogP contribution in [0.2, 0.25) is 0 Å². The summed E-state index contributed by atoms with van der Waals surface area (Å²) in [6.07, 6.45) is 2.55. The van der Waals surface area contributed by atoms with Crippen molar-refractivity contribution >= 4 is 11.0 Å². The summed E-state index contributed by atoms with van der Waals surface area (Å²) in [6, 6.07) is 8.90. The maximum Gasteiger partial charge on any atom is 0.134 e. The molecule has 0 saturated carbocycles. The molecule has 1 aromatic carbocycles. The molecule has 1 fully saturated rings. The molecule has 3 rings (SSSR count). The molecule has 21 heavy (non-hydrogen) atoms. The normalized spacial score (nSPS) is 20.5. The number of fused-ring (bicyclic) bond motifs is 1. The maximum absolute atomic E-state index is 5.90. The predicted molar refractivity (Wildman–Crippen MR) is 86.1 cm³/mol. The van der Waals surface area contributed by atoms with Crippen molar-refractivity contribution in [3.8, 4) is 0 Å². The molecule has 4 nitrogen and oxygen atoms in total. The van der Waals surface area contributed by atoms with Crippen LogP contribution in [-0.4, -0.2) is 43.0 Å². The van der Waals surface area contributed by atoms with Gasteiger partial charge in [0.1, 0.15) is 11.3 Å². The van der Waals surface area contributed by atoms with Gasteiger partial charge in [0.15, 0.2) is 0 Å². The second-order valence-electron chi connectivity index (χ2n) is 6.20. The molecule has 2 aromatic rings. The molecular weight excluding hydrogens is 262 g/mol. The Morgan fingerprint density at radius 2 is 2.14 bits per heavy atom. The number of hydrogen-bond acceptors (Lipinski definition) is 4. The third-order valence-corrected chi connectivity index (χ3v) is 4.56. The highest BCUT2D eigenvalue weighted by molar-refractivity contribution is 5.82. The van der Waals surface area contributed by atoms with Gasteiger partial charge in [-0.3, -0.25) is 4.90 Å². The second-order valence-corrected chi connectivity index (χ2v) is 6.20. The van der Waals surface area contributed by atoms with Gasteiger partial charge in [0.2, 0.25) is 0 Å². The summed E-state index contributed by atoms with van der Waals surface area (Å²) >= 11 is 0. The van der Waals surface area contributed by atoms with Crippen LogP contribution in [0.1, 0.15) is 24.2 Å². The SMILES string of the molecule is CN(C)C1CCCN(Cc2c(CN)oc3ccccc23)C1. The Morgan fingerprint density at radius 1 is 1.33 bits per heavy atom. The number of furan rings is 1. The molecular formula is C17H25N3O. The van der Waals surface area contributed by atoms with Gasteiger partial charge in [-0.1, -0.05) is 18.2 Å². The summed E-state index contributed by atoms with van der Waals surface area (Å²) in [5.74, 6) is 0.933. The molecule has 0 aliphatic carbocycles. The fraction of sp³-hybridized carbons (Fsp3) is 0.529. The summed E-state index contributed by atoms with van der Waals surface area (Å²) in [5, 5.41) is 1.21. The molecule has 114 valence electrons. The van der Waals surface area contributed by atoms with Gasteiger partial charge < -0.3 is 15.1 Å². The molecule has 1 atom stereocenters. The molecule has 2 heterocycles. The van der Waals surface area contributed by atoms with Crippen LogP contribution in [0.15, 0.2) is 28.7 Å². The second kappa shape index (κ2) is 6.18. The Morgan fingerprint density at radius 3 is 2.90 bits per heavy atom. The van der Waals surface area contributed by atoms with E-state index in [9.17, 15) is 0 Å². The lowest BCUT2D eigenvalue weighted by atomic mass is 10.0. The largest absolute Gasteiger partial charge is 0.459 e. The smallest absolute Gasteiger partial charge is 0.134 e. The fourth-order valence-corrected chi connectivity index (χ4v) is 3.31. The van der Waals surface area contributed by atoms with E-state index in [1.54, 1.807) is 0 Å². The van der Waals surface area contributed by atoms with Gasteiger partial charge in [0, 0.05) is 30.1 Å². The van der Waals surface area contributed by atoms with Gasteiger partial charge in [-0.25, -0.2) is 0 Å². The highest BCUT2D eigenvalue weighted by Crippen LogP contribution is 2.28. The molecule has 1 unspecified atom stereocenters. The number of likely N-dealkylation sites (tertiary alicyclic amines) is 1. The topological polar surface area (TPSA) is 45.6 Å². The molecule has 1 aromatic heterocycles. The van der Waals surface area contributed by atoms with E-state index in [1.165, 1.54) is 23.8 Å². The zero-order chi connectivity index (χ0) is 14.8. The first-order valence-electron chi connectivity index (χ1n) is 7.77. The fourth-order valence-electron chi connectivity index (χ4n) is 3.31. The van der Waals surface area contributed by atoms with Crippen molar-refractivity contribution in [3.05, 3.63) is 35.6 Å². The van der Waals surface area contributed by atoms with E-state index in [0.717, 1.165) is 31.0 Å². The van der Waals surface area contributed by atoms with Crippen molar-refractivity contribution < 1.29 is 4.42 Å². The molecule has 1 saturated heterocycles. The van der Waals surface area contributed by atoms with E-state index in [4.69, 9.17) is 10.2 Å². The van der Waals surface area contributed by atoms with Crippen LogP contribution in [0.3, 0.4) is 0 Å². The minimum atomic E-state index is 0.467. The average Bonchev–Trinajstić information content (AvgIpc) is 2.86. The van der Waals surface area contributed by atoms with E-state index in [0.29, 0.717) is 12.6 Å². The Balaban J connectivity index is 1.84. The minimum absolute atomic E-state index is 0.467. The van der Waals surface area contributed by atoms with Crippen LogP contribution >= 0.6 is 0 Å². The van der Waals surface area contributed by atoms with Crippen molar-refractivity contribution in [2.75, 3.05) is 27.2 Å². The van der Waals surface area contributed by atoms with Crippen LogP contribution in [0.4, 0.5) is 0 Å². The van der Waals surface area contributed by atoms with E-state index < -0.39 is 0 Å². The predicted octanol–water partition coefficient (Wildman–Crippen LogP) is 2.42. The van der Waals surface area contributed by atoms with E-state index in [1.807, 2.05) is 12.1 Å². The number of hydrogen-bond donors (Lipinski definition) is 1. The lowest BCUT2D eigenvalue weighted by molar-refractivity contribution is 0.127. The number of rotatable bonds is 4. The molecule has 0 bridgehead atoms. The van der Waals surface area contributed by atoms with Crippen LogP contribution < -0.4 is 5.73 Å². The lowest BCUT2D eigenvalue weighted by Crippen LogP contribution is -2.44. The van der Waals surface area contributed by atoms with Crippen molar-refractivity contribution in [1.29, 1.82) is 0 Å². The Hall–Kier alpha value is -1.36. The Bertz CT molecular complexity index is 605. The Labute approximate surface area is 126 Å². The van der Waals surface area contributed by atoms with Crippen molar-refractivity contribution in [1.82, 2.24) is 9.80 Å². The molecule has 1 aliphatic rings. The highest BCUT2D eigenvalue weighted by atomic mass is 16.3. The van der Waals surface area contributed by atoms with Gasteiger partial charge >= 0.3 is 0 Å². The Kier molecular flexibility index (Phi) is 4.29. The zero-order valence-corrected chi connectivity index (χ0v) is 13.0. The monoisotopic (exact) mass is 287 g/mol. The van der Waals surface area contributed by atoms with Crippen molar-refractivity contribution in [2.24, 2.45) is 5.73 Å². The van der Waals surface area contributed by atoms with Gasteiger partial charge in [-0.15, -0.1) is 0 Å². The number of likely N-dealkylation sites (N-methyl/N-ethyl adjacent to an activating group) is 1. The molecule has 0 amide bonds. The summed E-state index contributed by atoms with van der Waals surface area (Å²) < 4.78 is 5.90. The number of nitrogens with zero attached hydrogens (tertiary/aromatic N) is 2. The number of piperidine rings is 1. The van der Waals surface area contributed by atoms with Gasteiger partial charge in [-0.05, 0) is 39.5 Å². The molecule has 1 aliphatic heterocycles. The summed E-state index contributed by atoms with van der Waals surface area (Å²) in [5.41, 5.74) is 8.10. The van der Waals surface area contributed by atoms with E-state index >= 15 is 0 Å². The number of para-hydroxylation sites is 1. The zero-order valence-electron chi connectivity index (χ0n) is 13.0. The number of benzene rings is 1. The summed E-state index contributed by atoms with van der Waals surface area (Å²) in [7, 11) is 4.35. The van der Waals surface area contributed by atoms with Crippen molar-refractivity contribution in [3.63, 3.8) is 0 Å². The average molecular weight is 287 g/mol. The first-order chi connectivity index (χ1) is 10.2. The first kappa shape index (κ1) is 14.6. The van der Waals surface area contributed by atoms with Gasteiger partial charge in [0.05, 0.1) is 6.54 Å². The van der Waals surface area contributed by atoms with Gasteiger partial charge in [-0.2, -0.15) is 0 Å². The van der Waals surface area contributed by atoms with Crippen LogP contribution in [0, 0.1) is 0 Å². The third kappa shape index (κ3) is 2.98. The first-order valence-corrected chi connectivity index (χ1v) is 7.77. The maximum atomic E-state index is 5.90. The molecule has 0 radical (unpaired) electrons. The lowest BCUT2D eigenvalue weighted by Gasteiger charge is -2.36. The van der Waals surface area contributed by atoms with E-state index in [2.05, 4.69) is 36.0 Å². The third-order valence-electron chi connectivity index (χ3n) is 4.56. The van der Waals surface area contributed by atoms with Crippen LogP contribution in [0.5, 0.6) is 0 Å². The van der Waals surface area contributed by atoms with Gasteiger partial charge in [0.25, 0.3) is 0 Å². The summed E-state index contributed by atoms with van der Waals surface area (Å²) in [6.45, 7) is 3.69. The quantitative estimate of drug-likeness (QED) is 0.938. The van der Waals surface area contributed by atoms with Crippen LogP contribution in [0.25, 0.3) is 11.0 Å². The summed E-state index contributed by atoms with van der Waals surface area (Å²) in [4.78, 5) is 4.87. The molecule has 0 spiro atoms. The van der Waals surface area contributed by atoms with Crippen LogP contribution in [-0.2, 0) is 13.1 Å². The van der Waals surface area contributed by atoms with Crippen molar-refractivity contribution in [2.45, 2.75) is 32.0 Å².